The molecule has 1 aromatic heterocycles. The summed E-state index contributed by atoms with van der Waals surface area (Å²) in [7, 11) is 1.38. The van der Waals surface area contributed by atoms with Crippen LogP contribution in [0.5, 0.6) is 17.8 Å². The van der Waals surface area contributed by atoms with Gasteiger partial charge in [-0.15, -0.1) is 0 Å². The van der Waals surface area contributed by atoms with E-state index in [2.05, 4.69) is 44.0 Å². The number of aliphatic hydroxyl groups is 2. The fourth-order valence-electron chi connectivity index (χ4n) is 6.68. The van der Waals surface area contributed by atoms with Gasteiger partial charge in [-0.3, -0.25) is 14.6 Å². The molecule has 0 saturated carbocycles. The van der Waals surface area contributed by atoms with E-state index in [0.717, 1.165) is 11.1 Å². The Morgan fingerprint density at radius 2 is 1.54 bits per heavy atom. The minimum atomic E-state index is -4.60. The summed E-state index contributed by atoms with van der Waals surface area (Å²) in [6, 6.07) is 19.8. The molecule has 0 radical (unpaired) electrons. The molecule has 2 N–H and O–H groups in total. The Hall–Kier alpha value is -3.98. The van der Waals surface area contributed by atoms with Gasteiger partial charge in [0.05, 0.1) is 38.4 Å². The molecule has 0 spiro atoms. The fourth-order valence-corrected chi connectivity index (χ4v) is 6.68. The number of rotatable bonds is 13. The van der Waals surface area contributed by atoms with Crippen molar-refractivity contribution < 1.29 is 42.4 Å². The van der Waals surface area contributed by atoms with Crippen LogP contribution in [0.4, 0.5) is 13.2 Å². The second-order valence-electron chi connectivity index (χ2n) is 11.9. The van der Waals surface area contributed by atoms with Crippen LogP contribution in [0.3, 0.4) is 0 Å². The lowest BCUT2D eigenvalue weighted by atomic mass is 9.81. The standard InChI is InChI=1S/C34H42F3N5O6/c1-3-47-33-38-30(46-2)27(31(39-33)48-22-34(35,36)37)18-40-16-26-17-41(32(45)25(20-43)21-44)14-15-42(26)28(19-40)29(23-10-6-4-7-11-23)24-12-8-5-9-13-24/h4-13,25-26,28-29,43-44H,3,14-22H2,1-2H3/t26-,28+/m1/s1. The molecule has 1 amide bonds. The zero-order chi connectivity index (χ0) is 34.3. The highest BCUT2D eigenvalue weighted by atomic mass is 19.4. The molecule has 2 aliphatic rings. The van der Waals surface area contributed by atoms with Crippen molar-refractivity contribution in [3.05, 3.63) is 77.4 Å². The van der Waals surface area contributed by atoms with Crippen molar-refractivity contribution in [2.45, 2.75) is 37.6 Å². The van der Waals surface area contributed by atoms with Gasteiger partial charge in [0.2, 0.25) is 17.7 Å². The summed E-state index contributed by atoms with van der Waals surface area (Å²) >= 11 is 0. The van der Waals surface area contributed by atoms with Crippen molar-refractivity contribution in [1.82, 2.24) is 24.7 Å². The first-order valence-corrected chi connectivity index (χ1v) is 16.0. The number of hydrogen-bond donors (Lipinski definition) is 2. The maximum atomic E-state index is 13.3. The summed E-state index contributed by atoms with van der Waals surface area (Å²) in [5.41, 5.74) is 2.45. The lowest BCUT2D eigenvalue weighted by Gasteiger charge is -2.53. The molecule has 11 nitrogen and oxygen atoms in total. The van der Waals surface area contributed by atoms with E-state index >= 15 is 0 Å². The highest BCUT2D eigenvalue weighted by molar-refractivity contribution is 5.79. The number of methoxy groups -OCH3 is 1. The normalized spacial score (nSPS) is 19.0. The quantitative estimate of drug-likeness (QED) is 0.280. The van der Waals surface area contributed by atoms with Gasteiger partial charge in [-0.05, 0) is 18.1 Å². The van der Waals surface area contributed by atoms with Crippen molar-refractivity contribution in [2.24, 2.45) is 5.92 Å². The molecule has 2 fully saturated rings. The highest BCUT2D eigenvalue weighted by Gasteiger charge is 2.44. The van der Waals surface area contributed by atoms with E-state index in [4.69, 9.17) is 14.2 Å². The molecular formula is C34H42F3N5O6. The predicted molar refractivity (Wildman–Crippen MR) is 170 cm³/mol. The van der Waals surface area contributed by atoms with E-state index in [0.29, 0.717) is 32.7 Å². The van der Waals surface area contributed by atoms with Crippen LogP contribution in [-0.4, -0.2) is 125 Å². The van der Waals surface area contributed by atoms with Gasteiger partial charge in [-0.1, -0.05) is 60.7 Å². The number of halogens is 3. The average Bonchev–Trinajstić information content (AvgIpc) is 3.09. The van der Waals surface area contributed by atoms with Crippen molar-refractivity contribution in [3.63, 3.8) is 0 Å². The van der Waals surface area contributed by atoms with E-state index in [9.17, 15) is 28.2 Å². The summed E-state index contributed by atoms with van der Waals surface area (Å²) < 4.78 is 56.1. The topological polar surface area (TPSA) is 121 Å². The van der Waals surface area contributed by atoms with Gasteiger partial charge >= 0.3 is 12.2 Å². The number of aliphatic hydroxyl groups excluding tert-OH is 2. The third-order valence-electron chi connectivity index (χ3n) is 8.80. The molecule has 2 atom stereocenters. The first kappa shape index (κ1) is 35.3. The number of hydrogen-bond acceptors (Lipinski definition) is 10. The number of carbonyl (C=O) groups is 1. The monoisotopic (exact) mass is 673 g/mol. The third-order valence-corrected chi connectivity index (χ3v) is 8.80. The van der Waals surface area contributed by atoms with Crippen molar-refractivity contribution in [2.75, 3.05) is 66.3 Å². The zero-order valence-electron chi connectivity index (χ0n) is 27.1. The second-order valence-corrected chi connectivity index (χ2v) is 11.9. The fraction of sp³-hybridized carbons (Fsp3) is 0.500. The van der Waals surface area contributed by atoms with E-state index in [-0.39, 0.29) is 60.4 Å². The molecule has 0 aliphatic carbocycles. The van der Waals surface area contributed by atoms with Gasteiger partial charge in [-0.25, -0.2) is 0 Å². The molecule has 14 heteroatoms. The minimum Gasteiger partial charge on any atom is -0.481 e. The summed E-state index contributed by atoms with van der Waals surface area (Å²) in [5.74, 6) is -1.55. The van der Waals surface area contributed by atoms with E-state index in [1.165, 1.54) is 7.11 Å². The Morgan fingerprint density at radius 1 is 0.917 bits per heavy atom. The number of ether oxygens (including phenoxy) is 3. The Morgan fingerprint density at radius 3 is 2.10 bits per heavy atom. The summed E-state index contributed by atoms with van der Waals surface area (Å²) in [4.78, 5) is 27.9. The molecule has 2 aliphatic heterocycles. The Bertz CT molecular complexity index is 1440. The third kappa shape index (κ3) is 8.35. The van der Waals surface area contributed by atoms with Crippen LogP contribution in [0.2, 0.25) is 0 Å². The maximum Gasteiger partial charge on any atom is 0.422 e. The molecule has 2 saturated heterocycles. The maximum absolute atomic E-state index is 13.3. The number of alkyl halides is 3. The van der Waals surface area contributed by atoms with Crippen molar-refractivity contribution >= 4 is 5.91 Å². The van der Waals surface area contributed by atoms with E-state index in [1.807, 2.05) is 36.4 Å². The first-order valence-electron chi connectivity index (χ1n) is 16.0. The number of nitrogens with zero attached hydrogens (tertiary/aromatic N) is 5. The Kier molecular flexibility index (Phi) is 11.7. The van der Waals surface area contributed by atoms with E-state index in [1.54, 1.807) is 11.8 Å². The number of fused-ring (bicyclic) bond motifs is 1. The number of amides is 1. The lowest BCUT2D eigenvalue weighted by Crippen LogP contribution is -2.67. The van der Waals surface area contributed by atoms with Crippen molar-refractivity contribution in [1.29, 1.82) is 0 Å². The molecule has 3 aromatic rings. The molecule has 260 valence electrons. The summed E-state index contributed by atoms with van der Waals surface area (Å²) in [5, 5.41) is 19.4. The Balaban J connectivity index is 1.54. The molecular weight excluding hydrogens is 631 g/mol. The lowest BCUT2D eigenvalue weighted by molar-refractivity contribution is -0.154. The van der Waals surface area contributed by atoms with Gasteiger partial charge in [0.25, 0.3) is 0 Å². The molecule has 0 unspecified atom stereocenters. The Labute approximate surface area is 277 Å². The molecule has 3 heterocycles. The summed E-state index contributed by atoms with van der Waals surface area (Å²) in [6.07, 6.45) is -4.60. The van der Waals surface area contributed by atoms with Gasteiger partial charge in [0, 0.05) is 57.3 Å². The molecule has 2 aromatic carbocycles. The predicted octanol–water partition coefficient (Wildman–Crippen LogP) is 2.95. The van der Waals surface area contributed by atoms with Crippen LogP contribution in [0.15, 0.2) is 60.7 Å². The number of benzene rings is 2. The molecule has 5 rings (SSSR count). The van der Waals surface area contributed by atoms with Crippen LogP contribution in [0.1, 0.15) is 29.5 Å². The zero-order valence-corrected chi connectivity index (χ0v) is 27.1. The number of aromatic nitrogens is 2. The van der Waals surface area contributed by atoms with Gasteiger partial charge in [-0.2, -0.15) is 23.1 Å². The van der Waals surface area contributed by atoms with Crippen LogP contribution >= 0.6 is 0 Å². The smallest absolute Gasteiger partial charge is 0.422 e. The van der Waals surface area contributed by atoms with Gasteiger partial charge in [0.1, 0.15) is 0 Å². The SMILES string of the molecule is CCOc1nc(OC)c(CN2C[C@@H]3CN(C(=O)C(CO)CO)CCN3[C@H](C(c3ccccc3)c3ccccc3)C2)c(OCC(F)(F)F)n1. The minimum absolute atomic E-state index is 0.0430. The highest BCUT2D eigenvalue weighted by Crippen LogP contribution is 2.38. The second kappa shape index (κ2) is 15.9. The van der Waals surface area contributed by atoms with Gasteiger partial charge in [0.15, 0.2) is 6.61 Å². The van der Waals surface area contributed by atoms with Crippen LogP contribution in [0, 0.1) is 5.92 Å². The van der Waals surface area contributed by atoms with Gasteiger partial charge < -0.3 is 29.3 Å². The van der Waals surface area contributed by atoms with E-state index < -0.39 is 31.9 Å². The van der Waals surface area contributed by atoms with Crippen LogP contribution in [-0.2, 0) is 11.3 Å². The number of piperazine rings is 2. The summed E-state index contributed by atoms with van der Waals surface area (Å²) in [6.45, 7) is 1.82. The molecule has 48 heavy (non-hydrogen) atoms. The number of carbonyl (C=O) groups excluding carboxylic acids is 1. The molecule has 0 bridgehead atoms. The largest absolute Gasteiger partial charge is 0.481 e. The van der Waals surface area contributed by atoms with Crippen LogP contribution in [0.25, 0.3) is 0 Å². The van der Waals surface area contributed by atoms with Crippen LogP contribution < -0.4 is 14.2 Å². The average molecular weight is 674 g/mol. The first-order chi connectivity index (χ1) is 23.1. The van der Waals surface area contributed by atoms with Crippen molar-refractivity contribution in [3.8, 4) is 17.8 Å².